The lowest BCUT2D eigenvalue weighted by Crippen LogP contribution is -2.49. The maximum Gasteiger partial charge on any atom is 0.0502 e. The van der Waals surface area contributed by atoms with Gasteiger partial charge in [-0.25, -0.2) is 0 Å². The Morgan fingerprint density at radius 1 is 1.45 bits per heavy atom. The number of rotatable bonds is 3. The molecule has 0 amide bonds. The summed E-state index contributed by atoms with van der Waals surface area (Å²) in [5.74, 6) is 0. The Labute approximate surface area is 69.2 Å². The molecule has 0 aromatic carbocycles. The quantitative estimate of drug-likeness (QED) is 0.663. The molecule has 0 aliphatic heterocycles. The van der Waals surface area contributed by atoms with Gasteiger partial charge in [-0.3, -0.25) is 0 Å². The second-order valence-corrected chi connectivity index (χ2v) is 4.01. The highest BCUT2D eigenvalue weighted by Gasteiger charge is 2.42. The Kier molecular flexibility index (Phi) is 2.55. The van der Waals surface area contributed by atoms with Gasteiger partial charge in [0.15, 0.2) is 0 Å². The van der Waals surface area contributed by atoms with Crippen molar-refractivity contribution in [3.63, 3.8) is 0 Å². The van der Waals surface area contributed by atoms with E-state index in [9.17, 15) is 5.11 Å². The van der Waals surface area contributed by atoms with Crippen LogP contribution in [0.4, 0.5) is 0 Å². The highest BCUT2D eigenvalue weighted by atomic mass is 16.3. The molecule has 0 aromatic heterocycles. The first kappa shape index (κ1) is 9.01. The molecule has 0 aromatic rings. The van der Waals surface area contributed by atoms with Crippen molar-refractivity contribution in [3.8, 4) is 0 Å². The van der Waals surface area contributed by atoms with Gasteiger partial charge in [-0.1, -0.05) is 6.42 Å². The molecule has 1 rings (SSSR count). The lowest BCUT2D eigenvalue weighted by atomic mass is 9.64. The third-order valence-corrected chi connectivity index (χ3v) is 3.33. The van der Waals surface area contributed by atoms with Gasteiger partial charge in [-0.2, -0.15) is 0 Å². The Morgan fingerprint density at radius 3 is 2.09 bits per heavy atom. The fraction of sp³-hybridized carbons (Fsp3) is 1.00. The van der Waals surface area contributed by atoms with Crippen molar-refractivity contribution >= 4 is 0 Å². The second-order valence-electron chi connectivity index (χ2n) is 4.01. The predicted octanol–water partition coefficient (Wildman–Crippen LogP) is 1.10. The van der Waals surface area contributed by atoms with Gasteiger partial charge in [-0.15, -0.1) is 0 Å². The van der Waals surface area contributed by atoms with Crippen molar-refractivity contribution in [2.45, 2.75) is 32.2 Å². The molecule has 2 heteroatoms. The van der Waals surface area contributed by atoms with Gasteiger partial charge in [0.25, 0.3) is 0 Å². The molecule has 1 atom stereocenters. The first-order valence-electron chi connectivity index (χ1n) is 4.40. The van der Waals surface area contributed by atoms with Crippen LogP contribution in [0.1, 0.15) is 26.2 Å². The topological polar surface area (TPSA) is 23.5 Å². The SMILES string of the molecule is CC(N(C)C)C1(CO)CCC1. The van der Waals surface area contributed by atoms with E-state index in [-0.39, 0.29) is 5.41 Å². The molecule has 66 valence electrons. The first-order valence-corrected chi connectivity index (χ1v) is 4.40. The summed E-state index contributed by atoms with van der Waals surface area (Å²) < 4.78 is 0. The summed E-state index contributed by atoms with van der Waals surface area (Å²) in [7, 11) is 4.17. The summed E-state index contributed by atoms with van der Waals surface area (Å²) in [6.07, 6.45) is 3.68. The molecule has 2 nitrogen and oxygen atoms in total. The lowest BCUT2D eigenvalue weighted by Gasteiger charge is -2.47. The zero-order chi connectivity index (χ0) is 8.48. The Hall–Kier alpha value is -0.0800. The van der Waals surface area contributed by atoms with Gasteiger partial charge >= 0.3 is 0 Å². The van der Waals surface area contributed by atoms with Crippen LogP contribution in [-0.2, 0) is 0 Å². The van der Waals surface area contributed by atoms with Crippen molar-refractivity contribution in [1.82, 2.24) is 4.90 Å². The largest absolute Gasteiger partial charge is 0.396 e. The third-order valence-electron chi connectivity index (χ3n) is 3.33. The van der Waals surface area contributed by atoms with Crippen LogP contribution < -0.4 is 0 Å². The number of aliphatic hydroxyl groups excluding tert-OH is 1. The highest BCUT2D eigenvalue weighted by Crippen LogP contribution is 2.44. The summed E-state index contributed by atoms with van der Waals surface area (Å²) >= 11 is 0. The van der Waals surface area contributed by atoms with E-state index < -0.39 is 0 Å². The molecule has 1 unspecified atom stereocenters. The zero-order valence-corrected chi connectivity index (χ0v) is 7.80. The maximum absolute atomic E-state index is 9.23. The molecule has 1 fully saturated rings. The van der Waals surface area contributed by atoms with Gasteiger partial charge in [0.1, 0.15) is 0 Å². The van der Waals surface area contributed by atoms with Crippen LogP contribution in [0.3, 0.4) is 0 Å². The molecule has 1 saturated carbocycles. The highest BCUT2D eigenvalue weighted by molar-refractivity contribution is 4.94. The third kappa shape index (κ3) is 1.42. The summed E-state index contributed by atoms with van der Waals surface area (Å²) in [6.45, 7) is 2.56. The van der Waals surface area contributed by atoms with E-state index in [4.69, 9.17) is 0 Å². The van der Waals surface area contributed by atoms with Crippen LogP contribution in [-0.4, -0.2) is 36.8 Å². The average molecular weight is 157 g/mol. The van der Waals surface area contributed by atoms with Gasteiger partial charge in [-0.05, 0) is 33.9 Å². The van der Waals surface area contributed by atoms with Crippen LogP contribution in [0, 0.1) is 5.41 Å². The van der Waals surface area contributed by atoms with Crippen LogP contribution in [0.5, 0.6) is 0 Å². The molecular weight excluding hydrogens is 138 g/mol. The van der Waals surface area contributed by atoms with Crippen molar-refractivity contribution in [1.29, 1.82) is 0 Å². The number of nitrogens with zero attached hydrogens (tertiary/aromatic N) is 1. The summed E-state index contributed by atoms with van der Waals surface area (Å²) in [5, 5.41) is 9.23. The summed E-state index contributed by atoms with van der Waals surface area (Å²) in [6, 6.07) is 0.515. The van der Waals surface area contributed by atoms with Crippen LogP contribution >= 0.6 is 0 Å². The van der Waals surface area contributed by atoms with E-state index in [1.165, 1.54) is 19.3 Å². The smallest absolute Gasteiger partial charge is 0.0502 e. The van der Waals surface area contributed by atoms with E-state index >= 15 is 0 Å². The molecular formula is C9H19NO. The van der Waals surface area contributed by atoms with Crippen molar-refractivity contribution in [2.24, 2.45) is 5.41 Å². The number of aliphatic hydroxyl groups is 1. The van der Waals surface area contributed by atoms with Gasteiger partial charge in [0, 0.05) is 11.5 Å². The Morgan fingerprint density at radius 2 is 2.00 bits per heavy atom. The van der Waals surface area contributed by atoms with E-state index in [0.717, 1.165) is 0 Å². The fourth-order valence-electron chi connectivity index (χ4n) is 1.89. The van der Waals surface area contributed by atoms with Gasteiger partial charge in [0.2, 0.25) is 0 Å². The van der Waals surface area contributed by atoms with Crippen LogP contribution in [0.15, 0.2) is 0 Å². The van der Waals surface area contributed by atoms with Crippen molar-refractivity contribution < 1.29 is 5.11 Å². The van der Waals surface area contributed by atoms with E-state index in [2.05, 4.69) is 25.9 Å². The number of hydrogen-bond acceptors (Lipinski definition) is 2. The first-order chi connectivity index (χ1) is 5.12. The minimum atomic E-state index is 0.226. The lowest BCUT2D eigenvalue weighted by molar-refractivity contribution is -0.0214. The second kappa shape index (κ2) is 3.11. The Bertz CT molecular complexity index is 124. The van der Waals surface area contributed by atoms with E-state index in [1.54, 1.807) is 0 Å². The van der Waals surface area contributed by atoms with Gasteiger partial charge < -0.3 is 10.0 Å². The van der Waals surface area contributed by atoms with Gasteiger partial charge in [0.05, 0.1) is 6.61 Å². The molecule has 11 heavy (non-hydrogen) atoms. The zero-order valence-electron chi connectivity index (χ0n) is 7.80. The molecule has 1 aliphatic carbocycles. The standard InChI is InChI=1S/C9H19NO/c1-8(10(2)3)9(7-11)5-4-6-9/h8,11H,4-7H2,1-3H3. The predicted molar refractivity (Wildman–Crippen MR) is 46.5 cm³/mol. The number of hydrogen-bond donors (Lipinski definition) is 1. The molecule has 0 radical (unpaired) electrons. The summed E-state index contributed by atoms with van der Waals surface area (Å²) in [4.78, 5) is 2.20. The van der Waals surface area contributed by atoms with Crippen LogP contribution in [0.2, 0.25) is 0 Å². The normalized spacial score (nSPS) is 24.8. The molecule has 0 saturated heterocycles. The molecule has 1 aliphatic rings. The fourth-order valence-corrected chi connectivity index (χ4v) is 1.89. The Balaban J connectivity index is 2.54. The minimum absolute atomic E-state index is 0.226. The molecule has 0 bridgehead atoms. The monoisotopic (exact) mass is 157 g/mol. The molecule has 1 N–H and O–H groups in total. The minimum Gasteiger partial charge on any atom is -0.396 e. The molecule has 0 spiro atoms. The maximum atomic E-state index is 9.23. The van der Waals surface area contributed by atoms with E-state index in [1.807, 2.05) is 0 Å². The summed E-state index contributed by atoms with van der Waals surface area (Å²) in [5.41, 5.74) is 0.226. The van der Waals surface area contributed by atoms with E-state index in [0.29, 0.717) is 12.6 Å². The van der Waals surface area contributed by atoms with Crippen molar-refractivity contribution in [2.75, 3.05) is 20.7 Å². The van der Waals surface area contributed by atoms with Crippen molar-refractivity contribution in [3.05, 3.63) is 0 Å². The molecule has 0 heterocycles. The van der Waals surface area contributed by atoms with Crippen LogP contribution in [0.25, 0.3) is 0 Å². The average Bonchev–Trinajstić information content (AvgIpc) is 1.86.